The Morgan fingerprint density at radius 1 is 1.29 bits per heavy atom. The number of rotatable bonds is 6. The van der Waals surface area contributed by atoms with Crippen LogP contribution in [0.15, 0.2) is 42.5 Å². The molecule has 126 valence electrons. The highest BCUT2D eigenvalue weighted by Crippen LogP contribution is 2.38. The van der Waals surface area contributed by atoms with Crippen molar-refractivity contribution in [2.75, 3.05) is 6.54 Å². The molecular formula is C21H26N2O. The van der Waals surface area contributed by atoms with Crippen LogP contribution in [0.2, 0.25) is 0 Å². The zero-order valence-corrected chi connectivity index (χ0v) is 14.8. The third-order valence-corrected chi connectivity index (χ3v) is 4.80. The molecule has 1 atom stereocenters. The molecule has 3 rings (SSSR count). The molecule has 1 aliphatic rings. The van der Waals surface area contributed by atoms with Crippen LogP contribution in [0, 0.1) is 13.8 Å². The van der Waals surface area contributed by atoms with Crippen LogP contribution in [0.1, 0.15) is 54.2 Å². The van der Waals surface area contributed by atoms with Gasteiger partial charge in [0.2, 0.25) is 5.91 Å². The number of amides is 1. The minimum Gasteiger partial charge on any atom is -0.352 e. The highest BCUT2D eigenvalue weighted by Gasteiger charge is 2.26. The quantitative estimate of drug-likeness (QED) is 0.787. The molecule has 1 heterocycles. The van der Waals surface area contributed by atoms with Gasteiger partial charge in [0, 0.05) is 30.1 Å². The van der Waals surface area contributed by atoms with Crippen LogP contribution in [-0.4, -0.2) is 17.0 Å². The van der Waals surface area contributed by atoms with E-state index in [2.05, 4.69) is 48.9 Å². The highest BCUT2D eigenvalue weighted by atomic mass is 16.1. The van der Waals surface area contributed by atoms with Gasteiger partial charge in [-0.3, -0.25) is 4.79 Å². The van der Waals surface area contributed by atoms with E-state index in [0.29, 0.717) is 18.5 Å². The maximum absolute atomic E-state index is 12.1. The zero-order chi connectivity index (χ0) is 17.1. The smallest absolute Gasteiger partial charge is 0.244 e. The number of hydrogen-bond acceptors (Lipinski definition) is 1. The summed E-state index contributed by atoms with van der Waals surface area (Å²) in [5.74, 6) is 0.275. The SMILES string of the molecule is Cc1cc(/C=C/C(=O)NC[C@@H](C)c2ccccc2)c(C)n1C1CC1. The van der Waals surface area contributed by atoms with Crippen molar-refractivity contribution in [3.05, 3.63) is 65.0 Å². The van der Waals surface area contributed by atoms with E-state index in [1.165, 1.54) is 29.8 Å². The number of carbonyl (C=O) groups excluding carboxylic acids is 1. The van der Waals surface area contributed by atoms with Gasteiger partial charge in [0.05, 0.1) is 0 Å². The van der Waals surface area contributed by atoms with Crippen molar-refractivity contribution in [3.8, 4) is 0 Å². The van der Waals surface area contributed by atoms with E-state index < -0.39 is 0 Å². The summed E-state index contributed by atoms with van der Waals surface area (Å²) in [7, 11) is 0. The number of nitrogens with one attached hydrogen (secondary N) is 1. The van der Waals surface area contributed by atoms with Gasteiger partial charge in [0.15, 0.2) is 0 Å². The van der Waals surface area contributed by atoms with Gasteiger partial charge in [-0.15, -0.1) is 0 Å². The first-order valence-electron chi connectivity index (χ1n) is 8.75. The standard InChI is InChI=1S/C21H26N2O/c1-15(18-7-5-4-6-8-18)14-22-21(24)12-9-19-13-16(2)23(17(19)3)20-10-11-20/h4-9,12-13,15,20H,10-11,14H2,1-3H3,(H,22,24)/b12-9+/t15-/m1/s1. The second-order valence-electron chi connectivity index (χ2n) is 6.82. The molecular weight excluding hydrogens is 296 g/mol. The van der Waals surface area contributed by atoms with Gasteiger partial charge in [0.1, 0.15) is 0 Å². The lowest BCUT2D eigenvalue weighted by molar-refractivity contribution is -0.116. The summed E-state index contributed by atoms with van der Waals surface area (Å²) in [6, 6.07) is 13.1. The molecule has 1 aromatic heterocycles. The summed E-state index contributed by atoms with van der Waals surface area (Å²) >= 11 is 0. The molecule has 1 N–H and O–H groups in total. The summed E-state index contributed by atoms with van der Waals surface area (Å²) in [6.45, 7) is 7.06. The van der Waals surface area contributed by atoms with E-state index in [4.69, 9.17) is 0 Å². The molecule has 0 spiro atoms. The molecule has 3 nitrogen and oxygen atoms in total. The minimum absolute atomic E-state index is 0.0333. The third-order valence-electron chi connectivity index (χ3n) is 4.80. The normalized spacial score (nSPS) is 15.6. The molecule has 24 heavy (non-hydrogen) atoms. The average molecular weight is 322 g/mol. The Balaban J connectivity index is 1.57. The average Bonchev–Trinajstić information content (AvgIpc) is 3.37. The van der Waals surface area contributed by atoms with Gasteiger partial charge in [-0.05, 0) is 55.9 Å². The lowest BCUT2D eigenvalue weighted by atomic mass is 10.0. The van der Waals surface area contributed by atoms with Crippen molar-refractivity contribution in [2.24, 2.45) is 0 Å². The predicted octanol–water partition coefficient (Wildman–Crippen LogP) is 4.37. The Labute approximate surface area is 144 Å². The van der Waals surface area contributed by atoms with E-state index >= 15 is 0 Å². The monoisotopic (exact) mass is 322 g/mol. The van der Waals surface area contributed by atoms with Crippen molar-refractivity contribution >= 4 is 12.0 Å². The fourth-order valence-electron chi connectivity index (χ4n) is 3.24. The molecule has 1 fully saturated rings. The first kappa shape index (κ1) is 16.6. The number of benzene rings is 1. The second-order valence-corrected chi connectivity index (χ2v) is 6.82. The first-order chi connectivity index (χ1) is 11.6. The second kappa shape index (κ2) is 7.08. The van der Waals surface area contributed by atoms with Gasteiger partial charge in [0.25, 0.3) is 0 Å². The number of hydrogen-bond donors (Lipinski definition) is 1. The molecule has 1 saturated carbocycles. The number of aryl methyl sites for hydroxylation is 1. The first-order valence-corrected chi connectivity index (χ1v) is 8.75. The van der Waals surface area contributed by atoms with E-state index in [0.717, 1.165) is 5.56 Å². The molecule has 0 unspecified atom stereocenters. The maximum atomic E-state index is 12.1. The number of carbonyl (C=O) groups is 1. The molecule has 2 aromatic rings. The van der Waals surface area contributed by atoms with Crippen LogP contribution in [0.4, 0.5) is 0 Å². The van der Waals surface area contributed by atoms with Crippen LogP contribution < -0.4 is 5.32 Å². The van der Waals surface area contributed by atoms with Crippen LogP contribution in [-0.2, 0) is 4.79 Å². The summed E-state index contributed by atoms with van der Waals surface area (Å²) < 4.78 is 2.40. The molecule has 1 aromatic carbocycles. The van der Waals surface area contributed by atoms with Crippen LogP contribution in [0.25, 0.3) is 6.08 Å². The van der Waals surface area contributed by atoms with E-state index in [1.54, 1.807) is 6.08 Å². The summed E-state index contributed by atoms with van der Waals surface area (Å²) in [5, 5.41) is 2.99. The minimum atomic E-state index is -0.0333. The molecule has 0 bridgehead atoms. The Hall–Kier alpha value is -2.29. The van der Waals surface area contributed by atoms with Crippen molar-refractivity contribution in [3.63, 3.8) is 0 Å². The Morgan fingerprint density at radius 2 is 2.00 bits per heavy atom. The largest absolute Gasteiger partial charge is 0.352 e. The Kier molecular flexibility index (Phi) is 4.89. The fraction of sp³-hybridized carbons (Fsp3) is 0.381. The lowest BCUT2D eigenvalue weighted by Gasteiger charge is -2.11. The fourth-order valence-corrected chi connectivity index (χ4v) is 3.24. The third kappa shape index (κ3) is 3.78. The Bertz CT molecular complexity index is 739. The van der Waals surface area contributed by atoms with Gasteiger partial charge < -0.3 is 9.88 Å². The lowest BCUT2D eigenvalue weighted by Crippen LogP contribution is -2.25. The molecule has 0 saturated heterocycles. The van der Waals surface area contributed by atoms with Crippen LogP contribution in [0.3, 0.4) is 0 Å². The molecule has 1 amide bonds. The topological polar surface area (TPSA) is 34.0 Å². The molecule has 0 radical (unpaired) electrons. The zero-order valence-electron chi connectivity index (χ0n) is 14.8. The number of nitrogens with zero attached hydrogens (tertiary/aromatic N) is 1. The van der Waals surface area contributed by atoms with Crippen molar-refractivity contribution in [1.82, 2.24) is 9.88 Å². The van der Waals surface area contributed by atoms with Crippen LogP contribution in [0.5, 0.6) is 0 Å². The highest BCUT2D eigenvalue weighted by molar-refractivity contribution is 5.91. The molecule has 1 aliphatic carbocycles. The van der Waals surface area contributed by atoms with Gasteiger partial charge in [-0.1, -0.05) is 37.3 Å². The van der Waals surface area contributed by atoms with Crippen molar-refractivity contribution in [2.45, 2.75) is 45.6 Å². The molecule has 0 aliphatic heterocycles. The van der Waals surface area contributed by atoms with E-state index in [9.17, 15) is 4.79 Å². The van der Waals surface area contributed by atoms with Gasteiger partial charge in [-0.2, -0.15) is 0 Å². The van der Waals surface area contributed by atoms with Gasteiger partial charge >= 0.3 is 0 Å². The Morgan fingerprint density at radius 3 is 2.67 bits per heavy atom. The maximum Gasteiger partial charge on any atom is 0.244 e. The summed E-state index contributed by atoms with van der Waals surface area (Å²) in [4.78, 5) is 12.1. The number of aromatic nitrogens is 1. The van der Waals surface area contributed by atoms with Crippen molar-refractivity contribution in [1.29, 1.82) is 0 Å². The summed E-state index contributed by atoms with van der Waals surface area (Å²) in [6.07, 6.45) is 6.13. The van der Waals surface area contributed by atoms with E-state index in [1.807, 2.05) is 24.3 Å². The molecule has 3 heteroatoms. The predicted molar refractivity (Wildman–Crippen MR) is 99.1 cm³/mol. The summed E-state index contributed by atoms with van der Waals surface area (Å²) in [5.41, 5.74) is 4.94. The van der Waals surface area contributed by atoms with Crippen LogP contribution >= 0.6 is 0 Å². The van der Waals surface area contributed by atoms with Crippen molar-refractivity contribution < 1.29 is 4.79 Å². The van der Waals surface area contributed by atoms with Gasteiger partial charge in [-0.25, -0.2) is 0 Å². The van der Waals surface area contributed by atoms with E-state index in [-0.39, 0.29) is 5.91 Å².